The van der Waals surface area contributed by atoms with E-state index in [1.165, 1.54) is 32.4 Å². The molecule has 1 aromatic carbocycles. The first kappa shape index (κ1) is 23.4. The second kappa shape index (κ2) is 12.6. The van der Waals surface area contributed by atoms with Gasteiger partial charge >= 0.3 is 0 Å². The van der Waals surface area contributed by atoms with Crippen molar-refractivity contribution in [3.8, 4) is 17.0 Å². The number of nitrogens with zero attached hydrogens (tertiary/aromatic N) is 2. The standard InChI is InChI=1S/C21H30N4O2.CH2O2/c1-16-20(17-9-11-18(27-2)12-10-17)23-24-21(16)22-19(26)8-4-7-15-25-13-5-3-6-14-25;2-1-3/h9-12H,3-8,13-15H2,1-2H3,(H2,22,23,24,26);1H,(H,2,3). The molecule has 2 aromatic rings. The summed E-state index contributed by atoms with van der Waals surface area (Å²) in [4.78, 5) is 23.1. The molecule has 0 unspecified atom stereocenters. The number of methoxy groups -OCH3 is 1. The first-order valence-corrected chi connectivity index (χ1v) is 10.4. The average molecular weight is 417 g/mol. The number of hydrogen-bond acceptors (Lipinski definition) is 5. The third kappa shape index (κ3) is 7.18. The van der Waals surface area contributed by atoms with Crippen LogP contribution in [0.4, 0.5) is 5.82 Å². The Morgan fingerprint density at radius 2 is 1.90 bits per heavy atom. The molecule has 8 heteroatoms. The number of carbonyl (C=O) groups is 2. The van der Waals surface area contributed by atoms with Gasteiger partial charge in [-0.05, 0) is 76.5 Å². The molecule has 30 heavy (non-hydrogen) atoms. The van der Waals surface area contributed by atoms with E-state index >= 15 is 0 Å². The van der Waals surface area contributed by atoms with Gasteiger partial charge in [0.15, 0.2) is 5.82 Å². The van der Waals surface area contributed by atoms with Gasteiger partial charge in [-0.3, -0.25) is 14.7 Å². The average Bonchev–Trinajstić information content (AvgIpc) is 3.12. The van der Waals surface area contributed by atoms with E-state index in [0.717, 1.165) is 42.0 Å². The van der Waals surface area contributed by atoms with Crippen molar-refractivity contribution in [2.45, 2.75) is 45.4 Å². The third-order valence-electron chi connectivity index (χ3n) is 5.22. The van der Waals surface area contributed by atoms with Gasteiger partial charge in [-0.2, -0.15) is 5.10 Å². The van der Waals surface area contributed by atoms with Crippen molar-refractivity contribution >= 4 is 18.2 Å². The van der Waals surface area contributed by atoms with Crippen molar-refractivity contribution in [3.05, 3.63) is 29.8 Å². The summed E-state index contributed by atoms with van der Waals surface area (Å²) in [6.07, 6.45) is 6.52. The van der Waals surface area contributed by atoms with Gasteiger partial charge in [-0.15, -0.1) is 0 Å². The van der Waals surface area contributed by atoms with Gasteiger partial charge in [0.05, 0.1) is 12.8 Å². The fourth-order valence-electron chi connectivity index (χ4n) is 3.56. The minimum Gasteiger partial charge on any atom is -0.497 e. The molecule has 0 saturated carbocycles. The third-order valence-corrected chi connectivity index (χ3v) is 5.22. The van der Waals surface area contributed by atoms with Gasteiger partial charge in [0.25, 0.3) is 6.47 Å². The Labute approximate surface area is 177 Å². The molecule has 1 amide bonds. The van der Waals surface area contributed by atoms with Crippen LogP contribution in [-0.4, -0.2) is 59.3 Å². The zero-order valence-electron chi connectivity index (χ0n) is 17.8. The predicted octanol–water partition coefficient (Wildman–Crippen LogP) is 3.69. The van der Waals surface area contributed by atoms with Crippen LogP contribution in [0.25, 0.3) is 11.3 Å². The number of piperidine rings is 1. The van der Waals surface area contributed by atoms with Gasteiger partial charge in [0.2, 0.25) is 5.91 Å². The molecule has 1 fully saturated rings. The molecular formula is C22H32N4O4. The smallest absolute Gasteiger partial charge is 0.290 e. The van der Waals surface area contributed by atoms with Crippen LogP contribution in [0, 0.1) is 6.92 Å². The molecule has 2 heterocycles. The molecule has 3 rings (SSSR count). The maximum atomic E-state index is 12.2. The molecule has 1 aliphatic heterocycles. The first-order chi connectivity index (χ1) is 14.6. The summed E-state index contributed by atoms with van der Waals surface area (Å²) < 4.78 is 5.19. The fraction of sp³-hybridized carbons (Fsp3) is 0.500. The van der Waals surface area contributed by atoms with Crippen LogP contribution in [0.15, 0.2) is 24.3 Å². The number of aromatic amines is 1. The Hall–Kier alpha value is -2.87. The molecule has 0 bridgehead atoms. The van der Waals surface area contributed by atoms with Crippen LogP contribution in [0.2, 0.25) is 0 Å². The van der Waals surface area contributed by atoms with Crippen molar-refractivity contribution in [1.29, 1.82) is 0 Å². The molecule has 3 N–H and O–H groups in total. The maximum absolute atomic E-state index is 12.2. The lowest BCUT2D eigenvalue weighted by Crippen LogP contribution is -2.30. The summed E-state index contributed by atoms with van der Waals surface area (Å²) >= 11 is 0. The Bertz CT molecular complexity index is 783. The lowest BCUT2D eigenvalue weighted by atomic mass is 10.1. The highest BCUT2D eigenvalue weighted by Gasteiger charge is 2.14. The van der Waals surface area contributed by atoms with E-state index in [2.05, 4.69) is 20.4 Å². The number of hydrogen-bond donors (Lipinski definition) is 3. The Morgan fingerprint density at radius 3 is 2.53 bits per heavy atom. The van der Waals surface area contributed by atoms with Gasteiger partial charge < -0.3 is 20.1 Å². The molecule has 8 nitrogen and oxygen atoms in total. The summed E-state index contributed by atoms with van der Waals surface area (Å²) in [7, 11) is 1.65. The number of carbonyl (C=O) groups excluding carboxylic acids is 1. The van der Waals surface area contributed by atoms with Crippen LogP contribution in [-0.2, 0) is 9.59 Å². The van der Waals surface area contributed by atoms with E-state index in [4.69, 9.17) is 14.6 Å². The van der Waals surface area contributed by atoms with Crippen LogP contribution >= 0.6 is 0 Å². The van der Waals surface area contributed by atoms with E-state index in [-0.39, 0.29) is 12.4 Å². The molecule has 1 aromatic heterocycles. The largest absolute Gasteiger partial charge is 0.497 e. The molecule has 1 saturated heterocycles. The maximum Gasteiger partial charge on any atom is 0.290 e. The second-order valence-corrected chi connectivity index (χ2v) is 7.31. The molecule has 0 spiro atoms. The molecule has 164 valence electrons. The highest BCUT2D eigenvalue weighted by atomic mass is 16.5. The Morgan fingerprint density at radius 1 is 1.23 bits per heavy atom. The minimum atomic E-state index is -0.250. The number of likely N-dealkylation sites (tertiary alicyclic amines) is 1. The van der Waals surface area contributed by atoms with Gasteiger partial charge in [0, 0.05) is 17.5 Å². The Balaban J connectivity index is 0.00000101. The number of nitrogens with one attached hydrogen (secondary N) is 2. The predicted molar refractivity (Wildman–Crippen MR) is 117 cm³/mol. The summed E-state index contributed by atoms with van der Waals surface area (Å²) in [5, 5.41) is 17.1. The molecule has 0 aliphatic carbocycles. The minimum absolute atomic E-state index is 0.0320. The first-order valence-electron chi connectivity index (χ1n) is 10.4. The number of rotatable bonds is 8. The zero-order chi connectivity index (χ0) is 21.8. The Kier molecular flexibility index (Phi) is 9.86. The SMILES string of the molecule is COc1ccc(-c2[nH]nc(NC(=O)CCCCN3CCCCC3)c2C)cc1.O=CO. The lowest BCUT2D eigenvalue weighted by Gasteiger charge is -2.26. The van der Waals surface area contributed by atoms with E-state index in [1.54, 1.807) is 7.11 Å². The van der Waals surface area contributed by atoms with E-state index in [0.29, 0.717) is 12.2 Å². The lowest BCUT2D eigenvalue weighted by molar-refractivity contribution is -0.123. The number of benzene rings is 1. The van der Waals surface area contributed by atoms with Gasteiger partial charge in [-0.1, -0.05) is 6.42 Å². The van der Waals surface area contributed by atoms with Crippen molar-refractivity contribution in [2.24, 2.45) is 0 Å². The number of unbranched alkanes of at least 4 members (excludes halogenated alkanes) is 1. The quantitative estimate of drug-likeness (QED) is 0.447. The van der Waals surface area contributed by atoms with Crippen LogP contribution in [0.5, 0.6) is 5.75 Å². The zero-order valence-corrected chi connectivity index (χ0v) is 17.8. The number of H-pyrrole nitrogens is 1. The second-order valence-electron chi connectivity index (χ2n) is 7.31. The monoisotopic (exact) mass is 416 g/mol. The summed E-state index contributed by atoms with van der Waals surface area (Å²) in [5.41, 5.74) is 2.88. The van der Waals surface area contributed by atoms with Crippen molar-refractivity contribution in [2.75, 3.05) is 32.1 Å². The van der Waals surface area contributed by atoms with Crippen molar-refractivity contribution in [3.63, 3.8) is 0 Å². The van der Waals surface area contributed by atoms with Gasteiger partial charge in [-0.25, -0.2) is 0 Å². The highest BCUT2D eigenvalue weighted by Crippen LogP contribution is 2.27. The number of amides is 1. The topological polar surface area (TPSA) is 108 Å². The normalized spacial score (nSPS) is 13.8. The molecule has 0 radical (unpaired) electrons. The molecular weight excluding hydrogens is 384 g/mol. The fourth-order valence-corrected chi connectivity index (χ4v) is 3.56. The van der Waals surface area contributed by atoms with Crippen LogP contribution < -0.4 is 10.1 Å². The number of ether oxygens (including phenoxy) is 1. The van der Waals surface area contributed by atoms with Crippen LogP contribution in [0.1, 0.15) is 44.1 Å². The number of carboxylic acid groups (broad SMARTS) is 1. The summed E-state index contributed by atoms with van der Waals surface area (Å²) in [5.74, 6) is 1.46. The van der Waals surface area contributed by atoms with E-state index in [1.807, 2.05) is 31.2 Å². The number of aromatic nitrogens is 2. The van der Waals surface area contributed by atoms with Crippen molar-refractivity contribution < 1.29 is 19.4 Å². The van der Waals surface area contributed by atoms with E-state index < -0.39 is 0 Å². The summed E-state index contributed by atoms with van der Waals surface area (Å²) in [6, 6.07) is 7.78. The van der Waals surface area contributed by atoms with E-state index in [9.17, 15) is 4.79 Å². The van der Waals surface area contributed by atoms with Crippen LogP contribution in [0.3, 0.4) is 0 Å². The summed E-state index contributed by atoms with van der Waals surface area (Å²) in [6.45, 7) is 5.25. The molecule has 0 atom stereocenters. The molecule has 1 aliphatic rings. The highest BCUT2D eigenvalue weighted by molar-refractivity contribution is 5.91. The number of anilines is 1. The van der Waals surface area contributed by atoms with Crippen molar-refractivity contribution in [1.82, 2.24) is 15.1 Å². The van der Waals surface area contributed by atoms with Gasteiger partial charge in [0.1, 0.15) is 5.75 Å².